The number of fused-ring (bicyclic) bond motifs is 4. The summed E-state index contributed by atoms with van der Waals surface area (Å²) in [7, 11) is 5.62. The van der Waals surface area contributed by atoms with E-state index in [2.05, 4.69) is 21.2 Å². The van der Waals surface area contributed by atoms with E-state index in [0.717, 1.165) is 57.2 Å². The van der Waals surface area contributed by atoms with E-state index in [1.165, 1.54) is 0 Å². The Hall–Kier alpha value is -4.27. The number of aryl methyl sites for hydroxylation is 3. The molecule has 1 amide bonds. The van der Waals surface area contributed by atoms with Crippen molar-refractivity contribution < 1.29 is 4.79 Å². The maximum absolute atomic E-state index is 13.5. The summed E-state index contributed by atoms with van der Waals surface area (Å²) in [5, 5.41) is 10.2. The predicted octanol–water partition coefficient (Wildman–Crippen LogP) is 3.26. The third kappa shape index (κ3) is 3.04. The Morgan fingerprint density at radius 1 is 1.09 bits per heavy atom. The highest BCUT2D eigenvalue weighted by Crippen LogP contribution is 2.36. The van der Waals surface area contributed by atoms with Crippen molar-refractivity contribution in [3.8, 4) is 11.3 Å². The van der Waals surface area contributed by atoms with Crippen molar-refractivity contribution in [2.45, 2.75) is 18.9 Å². The van der Waals surface area contributed by atoms with Gasteiger partial charge in [0.05, 0.1) is 40.5 Å². The molecule has 0 unspecified atom stereocenters. The fourth-order valence-corrected chi connectivity index (χ4v) is 5.00. The number of benzene rings is 1. The van der Waals surface area contributed by atoms with E-state index >= 15 is 0 Å². The van der Waals surface area contributed by atoms with Crippen molar-refractivity contribution in [3.05, 3.63) is 65.7 Å². The molecule has 2 N–H and O–H groups in total. The van der Waals surface area contributed by atoms with Crippen LogP contribution in [0, 0.1) is 0 Å². The van der Waals surface area contributed by atoms with Crippen LogP contribution in [0.5, 0.6) is 0 Å². The molecule has 9 nitrogen and oxygen atoms in total. The second-order valence-electron chi connectivity index (χ2n) is 8.87. The molecule has 9 heteroatoms. The molecule has 4 heterocycles. The number of aromatic nitrogens is 6. The summed E-state index contributed by atoms with van der Waals surface area (Å²) in [5.41, 5.74) is 12.4. The highest BCUT2D eigenvalue weighted by Gasteiger charge is 2.30. The number of hydrogen-bond acceptors (Lipinski definition) is 6. The first-order chi connectivity index (χ1) is 16.4. The molecule has 0 bridgehead atoms. The Labute approximate surface area is 195 Å². The third-order valence-corrected chi connectivity index (χ3v) is 6.77. The Morgan fingerprint density at radius 2 is 1.94 bits per heavy atom. The molecular formula is C25H24N8O. The zero-order valence-electron chi connectivity index (χ0n) is 19.2. The first-order valence-corrected chi connectivity index (χ1v) is 11.2. The van der Waals surface area contributed by atoms with Crippen molar-refractivity contribution in [2.75, 3.05) is 12.8 Å². The van der Waals surface area contributed by atoms with Gasteiger partial charge in [-0.25, -0.2) is 4.98 Å². The van der Waals surface area contributed by atoms with Crippen LogP contribution in [-0.2, 0) is 20.5 Å². The van der Waals surface area contributed by atoms with Gasteiger partial charge in [0, 0.05) is 49.5 Å². The fraction of sp³-hybridized carbons (Fsp3) is 0.240. The molecule has 0 aliphatic heterocycles. The van der Waals surface area contributed by atoms with Gasteiger partial charge in [0.15, 0.2) is 0 Å². The predicted molar refractivity (Wildman–Crippen MR) is 130 cm³/mol. The Balaban J connectivity index is 1.34. The van der Waals surface area contributed by atoms with Crippen LogP contribution in [0.25, 0.3) is 33.1 Å². The van der Waals surface area contributed by atoms with Gasteiger partial charge >= 0.3 is 0 Å². The van der Waals surface area contributed by atoms with Crippen LogP contribution in [0.4, 0.5) is 5.82 Å². The summed E-state index contributed by atoms with van der Waals surface area (Å²) in [6.45, 7) is 0. The summed E-state index contributed by atoms with van der Waals surface area (Å²) < 4.78 is 3.54. The number of carbonyl (C=O) groups is 1. The van der Waals surface area contributed by atoms with Crippen LogP contribution in [0.1, 0.15) is 34.1 Å². The highest BCUT2D eigenvalue weighted by molar-refractivity contribution is 6.10. The number of anilines is 1. The fourth-order valence-electron chi connectivity index (χ4n) is 5.00. The molecule has 4 aromatic heterocycles. The molecule has 170 valence electrons. The summed E-state index contributed by atoms with van der Waals surface area (Å²) in [6, 6.07) is 9.65. The molecule has 1 aromatic carbocycles. The standard InChI is InChI=1S/C25H24N8O/c1-31-13-15(11-27-31)19-7-5-16-20(29-19)8-9-22(16)32(2)25(34)14-4-6-21-17(10-14)23-18(24(26)30-21)12-28-33(23)3/h4-7,10-13,22H,8-9H2,1-3H3,(H2,26,30)/t22-/m0/s1. The number of hydrogen-bond donors (Lipinski definition) is 1. The second kappa shape index (κ2) is 7.38. The minimum atomic E-state index is -0.0387. The molecule has 34 heavy (non-hydrogen) atoms. The molecule has 0 spiro atoms. The van der Waals surface area contributed by atoms with Gasteiger partial charge in [-0.3, -0.25) is 19.1 Å². The van der Waals surface area contributed by atoms with Gasteiger partial charge in [-0.1, -0.05) is 6.07 Å². The monoisotopic (exact) mass is 452 g/mol. The zero-order chi connectivity index (χ0) is 23.6. The van der Waals surface area contributed by atoms with E-state index in [1.54, 1.807) is 15.6 Å². The SMILES string of the molecule is CN(C(=O)c1ccc2nc(N)c3cnn(C)c3c2c1)[C@H]1CCc2nc(-c3cnn(C)c3)ccc21. The molecule has 5 aromatic rings. The summed E-state index contributed by atoms with van der Waals surface area (Å²) in [6.07, 6.45) is 7.16. The minimum absolute atomic E-state index is 0.0186. The molecule has 0 saturated heterocycles. The van der Waals surface area contributed by atoms with E-state index in [0.29, 0.717) is 11.4 Å². The van der Waals surface area contributed by atoms with Gasteiger partial charge < -0.3 is 10.6 Å². The highest BCUT2D eigenvalue weighted by atomic mass is 16.2. The largest absolute Gasteiger partial charge is 0.383 e. The average molecular weight is 453 g/mol. The molecule has 1 aliphatic rings. The molecule has 0 saturated carbocycles. The summed E-state index contributed by atoms with van der Waals surface area (Å²) in [5.74, 6) is 0.399. The molecule has 1 aliphatic carbocycles. The first-order valence-electron chi connectivity index (χ1n) is 11.2. The van der Waals surface area contributed by atoms with Gasteiger partial charge in [-0.15, -0.1) is 0 Å². The number of carbonyl (C=O) groups excluding carboxylic acids is 1. The second-order valence-corrected chi connectivity index (χ2v) is 8.87. The lowest BCUT2D eigenvalue weighted by molar-refractivity contribution is 0.0731. The zero-order valence-corrected chi connectivity index (χ0v) is 19.2. The third-order valence-electron chi connectivity index (χ3n) is 6.77. The minimum Gasteiger partial charge on any atom is -0.383 e. The Morgan fingerprint density at radius 3 is 2.74 bits per heavy atom. The molecular weight excluding hydrogens is 428 g/mol. The van der Waals surface area contributed by atoms with Crippen molar-refractivity contribution in [1.29, 1.82) is 0 Å². The van der Waals surface area contributed by atoms with Crippen LogP contribution in [0.3, 0.4) is 0 Å². The van der Waals surface area contributed by atoms with Crippen molar-refractivity contribution in [1.82, 2.24) is 34.4 Å². The van der Waals surface area contributed by atoms with Crippen molar-refractivity contribution in [2.24, 2.45) is 14.1 Å². The van der Waals surface area contributed by atoms with E-state index in [9.17, 15) is 4.79 Å². The maximum atomic E-state index is 13.5. The number of pyridine rings is 2. The molecule has 0 fully saturated rings. The van der Waals surface area contributed by atoms with E-state index in [-0.39, 0.29) is 11.9 Å². The first kappa shape index (κ1) is 20.3. The van der Waals surface area contributed by atoms with Crippen LogP contribution in [0.2, 0.25) is 0 Å². The van der Waals surface area contributed by atoms with Crippen molar-refractivity contribution in [3.63, 3.8) is 0 Å². The topological polar surface area (TPSA) is 108 Å². The van der Waals surface area contributed by atoms with Crippen LogP contribution in [-0.4, -0.2) is 47.4 Å². The number of nitrogens with two attached hydrogens (primary N) is 1. The quantitative estimate of drug-likeness (QED) is 0.450. The van der Waals surface area contributed by atoms with Crippen LogP contribution < -0.4 is 5.73 Å². The van der Waals surface area contributed by atoms with Gasteiger partial charge in [0.1, 0.15) is 5.82 Å². The van der Waals surface area contributed by atoms with E-state index < -0.39 is 0 Å². The number of nitrogens with zero attached hydrogens (tertiary/aromatic N) is 7. The van der Waals surface area contributed by atoms with E-state index in [4.69, 9.17) is 10.7 Å². The number of rotatable bonds is 3. The van der Waals surface area contributed by atoms with Crippen LogP contribution >= 0.6 is 0 Å². The van der Waals surface area contributed by atoms with Crippen LogP contribution in [0.15, 0.2) is 48.9 Å². The number of amides is 1. The van der Waals surface area contributed by atoms with Gasteiger partial charge in [-0.2, -0.15) is 10.2 Å². The lowest BCUT2D eigenvalue weighted by Gasteiger charge is -2.25. The van der Waals surface area contributed by atoms with Crippen molar-refractivity contribution >= 4 is 33.5 Å². The lowest BCUT2D eigenvalue weighted by atomic mass is 10.0. The van der Waals surface area contributed by atoms with Gasteiger partial charge in [-0.05, 0) is 42.7 Å². The summed E-state index contributed by atoms with van der Waals surface area (Å²) >= 11 is 0. The van der Waals surface area contributed by atoms with Gasteiger partial charge in [0.25, 0.3) is 5.91 Å². The Kier molecular flexibility index (Phi) is 4.41. The molecule has 0 radical (unpaired) electrons. The maximum Gasteiger partial charge on any atom is 0.254 e. The Bertz CT molecular complexity index is 1600. The molecule has 1 atom stereocenters. The number of nitrogen functional groups attached to an aromatic ring is 1. The van der Waals surface area contributed by atoms with Gasteiger partial charge in [0.2, 0.25) is 0 Å². The summed E-state index contributed by atoms with van der Waals surface area (Å²) in [4.78, 5) is 24.7. The lowest BCUT2D eigenvalue weighted by Crippen LogP contribution is -2.30. The molecule has 6 rings (SSSR count). The van der Waals surface area contributed by atoms with E-state index in [1.807, 2.05) is 62.7 Å². The average Bonchev–Trinajstić information content (AvgIpc) is 3.56. The normalized spacial score (nSPS) is 15.2. The smallest absolute Gasteiger partial charge is 0.254 e.